The highest BCUT2D eigenvalue weighted by molar-refractivity contribution is 5.45. The van der Waals surface area contributed by atoms with Crippen molar-refractivity contribution in [3.8, 4) is 11.5 Å². The summed E-state index contributed by atoms with van der Waals surface area (Å²) in [6, 6.07) is 4.76. The minimum atomic E-state index is -1.12. The van der Waals surface area contributed by atoms with Crippen molar-refractivity contribution in [2.75, 3.05) is 13.3 Å². The molecule has 1 aromatic carbocycles. The predicted molar refractivity (Wildman–Crippen MR) is 49.4 cm³/mol. The van der Waals surface area contributed by atoms with Gasteiger partial charge in [-0.2, -0.15) is 0 Å². The van der Waals surface area contributed by atoms with Gasteiger partial charge in [-0.15, -0.1) is 0 Å². The Labute approximate surface area is 85.2 Å². The van der Waals surface area contributed by atoms with Gasteiger partial charge in [0.15, 0.2) is 11.5 Å². The molecule has 0 radical (unpaired) electrons. The number of aliphatic hydroxyl groups is 1. The SMILES string of the molecule is O=[N+]([O-])CC(O)c1ccc2c(c1)OCO2. The molecule has 1 N–H and O–H groups in total. The van der Waals surface area contributed by atoms with E-state index in [-0.39, 0.29) is 6.79 Å². The Bertz CT molecular complexity index is 392. The van der Waals surface area contributed by atoms with E-state index in [4.69, 9.17) is 9.47 Å². The zero-order valence-electron chi connectivity index (χ0n) is 7.75. The van der Waals surface area contributed by atoms with E-state index in [2.05, 4.69) is 0 Å². The Morgan fingerprint density at radius 1 is 1.47 bits per heavy atom. The van der Waals surface area contributed by atoms with E-state index < -0.39 is 17.6 Å². The van der Waals surface area contributed by atoms with Crippen LogP contribution in [0.2, 0.25) is 0 Å². The van der Waals surface area contributed by atoms with E-state index in [0.717, 1.165) is 0 Å². The molecule has 80 valence electrons. The molecule has 1 aliphatic rings. The van der Waals surface area contributed by atoms with Gasteiger partial charge >= 0.3 is 0 Å². The van der Waals surface area contributed by atoms with Gasteiger partial charge in [-0.25, -0.2) is 0 Å². The van der Waals surface area contributed by atoms with Crippen LogP contribution in [0.25, 0.3) is 0 Å². The normalized spacial score (nSPS) is 15.0. The predicted octanol–water partition coefficient (Wildman–Crippen LogP) is 0.725. The van der Waals surface area contributed by atoms with Crippen LogP contribution in [0.4, 0.5) is 0 Å². The topological polar surface area (TPSA) is 81.8 Å². The number of benzene rings is 1. The number of nitrogens with zero attached hydrogens (tertiary/aromatic N) is 1. The maximum absolute atomic E-state index is 10.2. The van der Waals surface area contributed by atoms with Crippen LogP contribution < -0.4 is 9.47 Å². The lowest BCUT2D eigenvalue weighted by atomic mass is 10.1. The summed E-state index contributed by atoms with van der Waals surface area (Å²) >= 11 is 0. The van der Waals surface area contributed by atoms with Gasteiger partial charge in [0.2, 0.25) is 13.3 Å². The van der Waals surface area contributed by atoms with Crippen LogP contribution in [0.5, 0.6) is 11.5 Å². The van der Waals surface area contributed by atoms with Gasteiger partial charge in [-0.1, -0.05) is 6.07 Å². The molecule has 0 fully saturated rings. The molecule has 6 nitrogen and oxygen atoms in total. The van der Waals surface area contributed by atoms with Gasteiger partial charge in [-0.3, -0.25) is 10.1 Å². The second kappa shape index (κ2) is 3.74. The van der Waals surface area contributed by atoms with E-state index in [1.54, 1.807) is 18.2 Å². The minimum absolute atomic E-state index is 0.143. The third-order valence-corrected chi connectivity index (χ3v) is 2.10. The lowest BCUT2D eigenvalue weighted by Gasteiger charge is -2.06. The highest BCUT2D eigenvalue weighted by atomic mass is 16.7. The standard InChI is InChI=1S/C9H9NO5/c11-7(4-10(12)13)6-1-2-8-9(3-6)15-5-14-8/h1-3,7,11H,4-5H2. The van der Waals surface area contributed by atoms with Crippen molar-refractivity contribution < 1.29 is 19.5 Å². The van der Waals surface area contributed by atoms with Crippen LogP contribution in [0, 0.1) is 10.1 Å². The second-order valence-electron chi connectivity index (χ2n) is 3.14. The van der Waals surface area contributed by atoms with Gasteiger partial charge in [0.05, 0.1) is 0 Å². The van der Waals surface area contributed by atoms with E-state index in [9.17, 15) is 15.2 Å². The van der Waals surface area contributed by atoms with Crippen molar-refractivity contribution in [3.05, 3.63) is 33.9 Å². The number of rotatable bonds is 3. The Balaban J connectivity index is 2.19. The Hall–Kier alpha value is -1.82. The van der Waals surface area contributed by atoms with Crippen molar-refractivity contribution in [1.29, 1.82) is 0 Å². The van der Waals surface area contributed by atoms with Gasteiger partial charge in [0.1, 0.15) is 6.10 Å². The number of hydrogen-bond acceptors (Lipinski definition) is 5. The number of nitro groups is 1. The molecule has 0 aliphatic carbocycles. The summed E-state index contributed by atoms with van der Waals surface area (Å²) in [5.41, 5.74) is 0.455. The molecule has 2 rings (SSSR count). The van der Waals surface area contributed by atoms with Crippen molar-refractivity contribution in [2.45, 2.75) is 6.10 Å². The summed E-state index contributed by atoms with van der Waals surface area (Å²) in [5, 5.41) is 19.7. The molecule has 0 aromatic heterocycles. The highest BCUT2D eigenvalue weighted by Crippen LogP contribution is 2.34. The lowest BCUT2D eigenvalue weighted by Crippen LogP contribution is -2.11. The van der Waals surface area contributed by atoms with Gasteiger partial charge in [-0.05, 0) is 17.7 Å². The maximum Gasteiger partial charge on any atom is 0.233 e. The fourth-order valence-electron chi connectivity index (χ4n) is 1.37. The van der Waals surface area contributed by atoms with Crippen molar-refractivity contribution in [2.24, 2.45) is 0 Å². The number of fused-ring (bicyclic) bond motifs is 1. The molecule has 1 atom stereocenters. The first-order valence-corrected chi connectivity index (χ1v) is 4.36. The molecule has 15 heavy (non-hydrogen) atoms. The fraction of sp³-hybridized carbons (Fsp3) is 0.333. The van der Waals surface area contributed by atoms with Gasteiger partial charge < -0.3 is 14.6 Å². The quantitative estimate of drug-likeness (QED) is 0.588. The molecule has 1 aromatic rings. The van der Waals surface area contributed by atoms with E-state index >= 15 is 0 Å². The summed E-state index contributed by atoms with van der Waals surface area (Å²) in [5.74, 6) is 1.10. The van der Waals surface area contributed by atoms with Gasteiger partial charge in [0, 0.05) is 4.92 Å². The average molecular weight is 211 g/mol. The molecule has 6 heteroatoms. The van der Waals surface area contributed by atoms with Crippen molar-refractivity contribution >= 4 is 0 Å². The van der Waals surface area contributed by atoms with E-state index in [1.807, 2.05) is 0 Å². The lowest BCUT2D eigenvalue weighted by molar-refractivity contribution is -0.491. The smallest absolute Gasteiger partial charge is 0.233 e. The summed E-state index contributed by atoms with van der Waals surface area (Å²) in [6.07, 6.45) is -1.12. The molecule has 0 amide bonds. The first kappa shape index (κ1) is 9.72. The van der Waals surface area contributed by atoms with Crippen LogP contribution in [0.3, 0.4) is 0 Å². The molecule has 1 aliphatic heterocycles. The number of ether oxygens (including phenoxy) is 2. The third-order valence-electron chi connectivity index (χ3n) is 2.10. The van der Waals surface area contributed by atoms with E-state index in [0.29, 0.717) is 17.1 Å². The molecular formula is C9H9NO5. The van der Waals surface area contributed by atoms with Crippen LogP contribution in [0.1, 0.15) is 11.7 Å². The molecule has 1 unspecified atom stereocenters. The monoisotopic (exact) mass is 211 g/mol. The summed E-state index contributed by atoms with van der Waals surface area (Å²) in [7, 11) is 0. The van der Waals surface area contributed by atoms with Crippen LogP contribution >= 0.6 is 0 Å². The zero-order chi connectivity index (χ0) is 10.8. The zero-order valence-corrected chi connectivity index (χ0v) is 7.75. The molecule has 0 saturated carbocycles. The van der Waals surface area contributed by atoms with Crippen LogP contribution in [-0.2, 0) is 0 Å². The second-order valence-corrected chi connectivity index (χ2v) is 3.14. The van der Waals surface area contributed by atoms with Crippen LogP contribution in [0.15, 0.2) is 18.2 Å². The average Bonchev–Trinajstić information content (AvgIpc) is 2.62. The molecule has 1 heterocycles. The molecule has 0 spiro atoms. The first-order valence-electron chi connectivity index (χ1n) is 4.36. The molecule has 0 saturated heterocycles. The molecular weight excluding hydrogens is 202 g/mol. The van der Waals surface area contributed by atoms with Crippen molar-refractivity contribution in [1.82, 2.24) is 0 Å². The Kier molecular flexibility index (Phi) is 2.42. The third kappa shape index (κ3) is 1.99. The van der Waals surface area contributed by atoms with Gasteiger partial charge in [0.25, 0.3) is 0 Å². The number of aliphatic hydroxyl groups excluding tert-OH is 1. The Morgan fingerprint density at radius 2 is 2.20 bits per heavy atom. The van der Waals surface area contributed by atoms with Crippen molar-refractivity contribution in [3.63, 3.8) is 0 Å². The maximum atomic E-state index is 10.2. The fourth-order valence-corrected chi connectivity index (χ4v) is 1.37. The molecule has 0 bridgehead atoms. The minimum Gasteiger partial charge on any atom is -0.454 e. The van der Waals surface area contributed by atoms with E-state index in [1.165, 1.54) is 0 Å². The number of hydrogen-bond donors (Lipinski definition) is 1. The van der Waals surface area contributed by atoms with Crippen LogP contribution in [-0.4, -0.2) is 23.4 Å². The summed E-state index contributed by atoms with van der Waals surface area (Å²) in [4.78, 5) is 9.65. The highest BCUT2D eigenvalue weighted by Gasteiger charge is 2.19. The first-order chi connectivity index (χ1) is 7.16. The largest absolute Gasteiger partial charge is 0.454 e. The summed E-state index contributed by atoms with van der Waals surface area (Å²) in [6.45, 7) is -0.371. The Morgan fingerprint density at radius 3 is 2.93 bits per heavy atom. The summed E-state index contributed by atoms with van der Waals surface area (Å²) < 4.78 is 10.2.